The Balaban J connectivity index is 1.72. The molecule has 2 aromatic rings. The summed E-state index contributed by atoms with van der Waals surface area (Å²) in [7, 11) is 0. The summed E-state index contributed by atoms with van der Waals surface area (Å²) in [6.07, 6.45) is 9.03. The van der Waals surface area contributed by atoms with Crippen LogP contribution in [-0.2, 0) is 33.8 Å². The summed E-state index contributed by atoms with van der Waals surface area (Å²) in [6.45, 7) is 2.35. The lowest BCUT2D eigenvalue weighted by molar-refractivity contribution is -0.142. The van der Waals surface area contributed by atoms with E-state index >= 15 is 0 Å². The predicted molar refractivity (Wildman–Crippen MR) is 144 cm³/mol. The predicted octanol–water partition coefficient (Wildman–Crippen LogP) is 3.69. The molecule has 1 heterocycles. The average molecular weight is 520 g/mol. The number of carbonyl (C=O) groups is 3. The first-order chi connectivity index (χ1) is 18.3. The maximum absolute atomic E-state index is 14.1. The summed E-state index contributed by atoms with van der Waals surface area (Å²) >= 11 is 0. The van der Waals surface area contributed by atoms with E-state index in [9.17, 15) is 18.8 Å². The largest absolute Gasteiger partial charge is 0.481 e. The highest BCUT2D eigenvalue weighted by Gasteiger charge is 2.34. The highest BCUT2D eigenvalue weighted by atomic mass is 19.1. The van der Waals surface area contributed by atoms with Gasteiger partial charge in [0.2, 0.25) is 11.8 Å². The third-order valence-corrected chi connectivity index (χ3v) is 6.33. The highest BCUT2D eigenvalue weighted by molar-refractivity contribution is 5.89. The van der Waals surface area contributed by atoms with Crippen LogP contribution in [0.4, 0.5) is 4.39 Å². The van der Waals surface area contributed by atoms with Gasteiger partial charge in [-0.05, 0) is 41.7 Å². The molecule has 0 saturated carbocycles. The molecule has 3 rings (SSSR count). The first kappa shape index (κ1) is 28.5. The molecule has 0 aromatic heterocycles. The Morgan fingerprint density at radius 3 is 2.58 bits per heavy atom. The molecule has 0 spiro atoms. The lowest BCUT2D eigenvalue weighted by Gasteiger charge is -2.36. The van der Waals surface area contributed by atoms with Crippen molar-refractivity contribution in [2.45, 2.75) is 51.2 Å². The molecule has 1 unspecified atom stereocenters. The van der Waals surface area contributed by atoms with E-state index in [-0.39, 0.29) is 50.0 Å². The Kier molecular flexibility index (Phi) is 10.5. The smallest absolute Gasteiger partial charge is 0.307 e. The van der Waals surface area contributed by atoms with Crippen molar-refractivity contribution in [3.8, 4) is 0 Å². The number of aliphatic carboxylic acids is 1. The summed E-state index contributed by atoms with van der Waals surface area (Å²) in [4.78, 5) is 39.0. The zero-order valence-electron chi connectivity index (χ0n) is 21.5. The first-order valence-corrected chi connectivity index (χ1v) is 12.6. The van der Waals surface area contributed by atoms with Crippen LogP contribution in [0.5, 0.6) is 0 Å². The van der Waals surface area contributed by atoms with Gasteiger partial charge in [0.25, 0.3) is 0 Å². The van der Waals surface area contributed by atoms with Crippen molar-refractivity contribution in [1.82, 2.24) is 10.2 Å². The van der Waals surface area contributed by atoms with Crippen LogP contribution in [0.15, 0.2) is 84.5 Å². The SMILES string of the molecule is C\C=C/C(=C\C=C\CC(=O)O)CNC(=O)C1Cc2ccccc2CN1C(=O)C[C@H](N)Cc1ccccc1F. The quantitative estimate of drug-likeness (QED) is 0.392. The van der Waals surface area contributed by atoms with Gasteiger partial charge >= 0.3 is 5.97 Å². The van der Waals surface area contributed by atoms with Crippen LogP contribution in [-0.4, -0.2) is 46.4 Å². The van der Waals surface area contributed by atoms with Crippen molar-refractivity contribution in [2.24, 2.45) is 5.73 Å². The number of benzene rings is 2. The number of nitrogens with one attached hydrogen (secondary N) is 1. The average Bonchev–Trinajstić information content (AvgIpc) is 2.89. The molecule has 8 heteroatoms. The minimum absolute atomic E-state index is 0.0155. The Bertz CT molecular complexity index is 1240. The molecule has 200 valence electrons. The van der Waals surface area contributed by atoms with E-state index in [1.165, 1.54) is 12.1 Å². The maximum Gasteiger partial charge on any atom is 0.307 e. The third kappa shape index (κ3) is 8.24. The number of allylic oxidation sites excluding steroid dienone is 3. The number of rotatable bonds is 11. The minimum atomic E-state index is -0.925. The monoisotopic (exact) mass is 519 g/mol. The number of hydrogen-bond acceptors (Lipinski definition) is 4. The topological polar surface area (TPSA) is 113 Å². The zero-order chi connectivity index (χ0) is 27.5. The van der Waals surface area contributed by atoms with Gasteiger partial charge in [-0.3, -0.25) is 14.4 Å². The molecule has 7 nitrogen and oxygen atoms in total. The van der Waals surface area contributed by atoms with Crippen molar-refractivity contribution >= 4 is 17.8 Å². The van der Waals surface area contributed by atoms with E-state index in [4.69, 9.17) is 10.8 Å². The molecule has 1 aliphatic heterocycles. The van der Waals surface area contributed by atoms with Gasteiger partial charge in [-0.2, -0.15) is 0 Å². The van der Waals surface area contributed by atoms with Gasteiger partial charge in [0.05, 0.1) is 6.42 Å². The molecule has 0 bridgehead atoms. The Hall–Kier alpha value is -4.04. The molecule has 4 N–H and O–H groups in total. The fourth-order valence-electron chi connectivity index (χ4n) is 4.43. The zero-order valence-corrected chi connectivity index (χ0v) is 21.5. The lowest BCUT2D eigenvalue weighted by atomic mass is 9.92. The lowest BCUT2D eigenvalue weighted by Crippen LogP contribution is -2.53. The van der Waals surface area contributed by atoms with Gasteiger partial charge in [0.1, 0.15) is 11.9 Å². The van der Waals surface area contributed by atoms with Crippen LogP contribution in [0.2, 0.25) is 0 Å². The molecule has 2 aromatic carbocycles. The second-order valence-electron chi connectivity index (χ2n) is 9.26. The summed E-state index contributed by atoms with van der Waals surface area (Å²) in [6, 6.07) is 12.8. The number of amides is 2. The molecule has 0 aliphatic carbocycles. The first-order valence-electron chi connectivity index (χ1n) is 12.6. The molecule has 38 heavy (non-hydrogen) atoms. The number of fused-ring (bicyclic) bond motifs is 1. The van der Waals surface area contributed by atoms with Crippen molar-refractivity contribution in [2.75, 3.05) is 6.54 Å². The molecule has 1 aliphatic rings. The van der Waals surface area contributed by atoms with E-state index in [1.807, 2.05) is 43.3 Å². The summed E-state index contributed by atoms with van der Waals surface area (Å²) < 4.78 is 14.1. The van der Waals surface area contributed by atoms with Gasteiger partial charge in [-0.25, -0.2) is 4.39 Å². The van der Waals surface area contributed by atoms with E-state index < -0.39 is 18.1 Å². The van der Waals surface area contributed by atoms with Crippen LogP contribution >= 0.6 is 0 Å². The Morgan fingerprint density at radius 1 is 1.16 bits per heavy atom. The normalized spacial score (nSPS) is 16.4. The minimum Gasteiger partial charge on any atom is -0.481 e. The van der Waals surface area contributed by atoms with E-state index in [2.05, 4.69) is 5.32 Å². The third-order valence-electron chi connectivity index (χ3n) is 6.33. The summed E-state index contributed by atoms with van der Waals surface area (Å²) in [5, 5.41) is 11.7. The number of nitrogens with two attached hydrogens (primary N) is 1. The summed E-state index contributed by atoms with van der Waals surface area (Å²) in [5.74, 6) is -1.83. The standard InChI is InChI=1S/C30H34FN3O4/c1-2-9-21(10-3-8-15-29(36)37)19-33-30(38)27-17-22-11-4-5-13-24(22)20-34(27)28(35)18-25(32)16-23-12-6-7-14-26(23)31/h2-14,25,27H,15-20,32H2,1H3,(H,33,38)(H,36,37)/b8-3+,9-2-,21-10+/t25-,27?/m1/s1. The van der Waals surface area contributed by atoms with Crippen LogP contribution in [0.25, 0.3) is 0 Å². The Morgan fingerprint density at radius 2 is 1.87 bits per heavy atom. The van der Waals surface area contributed by atoms with Crippen molar-refractivity contribution in [1.29, 1.82) is 0 Å². The van der Waals surface area contributed by atoms with Crippen LogP contribution in [0.1, 0.15) is 36.5 Å². The molecule has 2 atom stereocenters. The second-order valence-corrected chi connectivity index (χ2v) is 9.26. The van der Waals surface area contributed by atoms with Crippen molar-refractivity contribution in [3.05, 3.63) is 107 Å². The second kappa shape index (κ2) is 14.0. The number of carboxylic acid groups (broad SMARTS) is 1. The molecular weight excluding hydrogens is 485 g/mol. The number of carboxylic acids is 1. The number of nitrogens with zero attached hydrogens (tertiary/aromatic N) is 1. The van der Waals surface area contributed by atoms with E-state index in [0.29, 0.717) is 12.0 Å². The molecule has 0 saturated heterocycles. The molecule has 2 amide bonds. The van der Waals surface area contributed by atoms with Gasteiger partial charge in [0, 0.05) is 32.0 Å². The van der Waals surface area contributed by atoms with E-state index in [1.54, 1.807) is 35.3 Å². The van der Waals surface area contributed by atoms with Crippen LogP contribution in [0.3, 0.4) is 0 Å². The molecular formula is C30H34FN3O4. The van der Waals surface area contributed by atoms with Gasteiger partial charge in [0.15, 0.2) is 0 Å². The van der Waals surface area contributed by atoms with Gasteiger partial charge < -0.3 is 21.1 Å². The maximum atomic E-state index is 14.1. The van der Waals surface area contributed by atoms with Crippen LogP contribution in [0, 0.1) is 5.82 Å². The number of halogens is 1. The van der Waals surface area contributed by atoms with Gasteiger partial charge in [-0.1, -0.05) is 72.8 Å². The van der Waals surface area contributed by atoms with E-state index in [0.717, 1.165) is 16.7 Å². The summed E-state index contributed by atoms with van der Waals surface area (Å²) in [5.41, 5.74) is 9.45. The van der Waals surface area contributed by atoms with Gasteiger partial charge in [-0.15, -0.1) is 0 Å². The molecule has 0 radical (unpaired) electrons. The Labute approximate surface area is 222 Å². The highest BCUT2D eigenvalue weighted by Crippen LogP contribution is 2.25. The fraction of sp³-hybridized carbons (Fsp3) is 0.300. The number of hydrogen-bond donors (Lipinski definition) is 3. The fourth-order valence-corrected chi connectivity index (χ4v) is 4.43. The van der Waals surface area contributed by atoms with Crippen LogP contribution < -0.4 is 11.1 Å². The number of carbonyl (C=O) groups excluding carboxylic acids is 2. The van der Waals surface area contributed by atoms with Crippen molar-refractivity contribution in [3.63, 3.8) is 0 Å². The molecule has 0 fully saturated rings. The van der Waals surface area contributed by atoms with Crippen molar-refractivity contribution < 1.29 is 23.9 Å².